The summed E-state index contributed by atoms with van der Waals surface area (Å²) in [7, 11) is 3.23. The fraction of sp³-hybridized carbons (Fsp3) is 0.400. The van der Waals surface area contributed by atoms with Gasteiger partial charge in [-0.25, -0.2) is 0 Å². The van der Waals surface area contributed by atoms with Gasteiger partial charge in [0.1, 0.15) is 11.5 Å². The van der Waals surface area contributed by atoms with Gasteiger partial charge < -0.3 is 19.7 Å². The van der Waals surface area contributed by atoms with Crippen LogP contribution in [-0.2, 0) is 0 Å². The third-order valence-electron chi connectivity index (χ3n) is 3.27. The van der Waals surface area contributed by atoms with Crippen molar-refractivity contribution in [3.8, 4) is 11.5 Å². The van der Waals surface area contributed by atoms with Gasteiger partial charge in [-0.15, -0.1) is 5.10 Å². The van der Waals surface area contributed by atoms with E-state index >= 15 is 0 Å². The molecule has 118 valence electrons. The molecule has 7 heteroatoms. The fourth-order valence-electron chi connectivity index (χ4n) is 2.03. The van der Waals surface area contributed by atoms with Crippen LogP contribution in [0.15, 0.2) is 24.4 Å². The number of ether oxygens (including phenoxy) is 2. The van der Waals surface area contributed by atoms with E-state index in [0.29, 0.717) is 17.5 Å². The summed E-state index contributed by atoms with van der Waals surface area (Å²) < 4.78 is 10.6. The Morgan fingerprint density at radius 3 is 2.55 bits per heavy atom. The molecule has 0 fully saturated rings. The van der Waals surface area contributed by atoms with Crippen molar-refractivity contribution in [2.45, 2.75) is 13.8 Å². The number of hydrogen-bond acceptors (Lipinski definition) is 7. The summed E-state index contributed by atoms with van der Waals surface area (Å²) in [5, 5.41) is 11.3. The van der Waals surface area contributed by atoms with Crippen LogP contribution in [0.4, 0.5) is 17.5 Å². The summed E-state index contributed by atoms with van der Waals surface area (Å²) in [6, 6.07) is 5.53. The smallest absolute Gasteiger partial charge is 0.247 e. The molecule has 22 heavy (non-hydrogen) atoms. The maximum absolute atomic E-state index is 5.36. The van der Waals surface area contributed by atoms with Crippen molar-refractivity contribution in [2.24, 2.45) is 0 Å². The van der Waals surface area contributed by atoms with Crippen LogP contribution in [0, 0.1) is 0 Å². The quantitative estimate of drug-likeness (QED) is 0.842. The molecule has 0 aliphatic heterocycles. The highest BCUT2D eigenvalue weighted by atomic mass is 16.5. The average Bonchev–Trinajstić information content (AvgIpc) is 2.57. The molecule has 1 aromatic carbocycles. The number of hydrogen-bond donors (Lipinski definition) is 1. The molecular weight excluding hydrogens is 282 g/mol. The molecule has 0 saturated carbocycles. The van der Waals surface area contributed by atoms with E-state index in [9.17, 15) is 0 Å². The Kier molecular flexibility index (Phi) is 5.35. The standard InChI is InChI=1S/C15H21N5O2/c1-5-20(6-2)15-18-14(10-16-19-15)17-12-8-7-11(21-3)9-13(12)22-4/h7-10H,5-6H2,1-4H3,(H,17,18,19). The summed E-state index contributed by atoms with van der Waals surface area (Å²) in [4.78, 5) is 6.51. The number of anilines is 3. The zero-order chi connectivity index (χ0) is 15.9. The Balaban J connectivity index is 2.25. The normalized spacial score (nSPS) is 10.2. The molecule has 1 aromatic heterocycles. The van der Waals surface area contributed by atoms with Crippen molar-refractivity contribution < 1.29 is 9.47 Å². The Hall–Kier alpha value is -2.57. The molecule has 1 heterocycles. The third kappa shape index (κ3) is 3.55. The van der Waals surface area contributed by atoms with Crippen LogP contribution in [0.25, 0.3) is 0 Å². The van der Waals surface area contributed by atoms with E-state index < -0.39 is 0 Å². The van der Waals surface area contributed by atoms with Crippen molar-refractivity contribution in [2.75, 3.05) is 37.5 Å². The summed E-state index contributed by atoms with van der Waals surface area (Å²) in [5.41, 5.74) is 0.786. The van der Waals surface area contributed by atoms with Gasteiger partial charge >= 0.3 is 0 Å². The predicted molar refractivity (Wildman–Crippen MR) is 86.2 cm³/mol. The van der Waals surface area contributed by atoms with E-state index in [2.05, 4.69) is 34.3 Å². The lowest BCUT2D eigenvalue weighted by molar-refractivity contribution is 0.395. The summed E-state index contributed by atoms with van der Waals surface area (Å²) in [6.45, 7) is 5.76. The first kappa shape index (κ1) is 15.8. The molecule has 0 aliphatic rings. The minimum atomic E-state index is 0.600. The van der Waals surface area contributed by atoms with Gasteiger partial charge in [0.2, 0.25) is 5.95 Å². The van der Waals surface area contributed by atoms with Gasteiger partial charge in [-0.3, -0.25) is 0 Å². The topological polar surface area (TPSA) is 72.4 Å². The van der Waals surface area contributed by atoms with Crippen LogP contribution < -0.4 is 19.7 Å². The fourth-order valence-corrected chi connectivity index (χ4v) is 2.03. The van der Waals surface area contributed by atoms with E-state index in [1.807, 2.05) is 23.1 Å². The minimum absolute atomic E-state index is 0.600. The van der Waals surface area contributed by atoms with Gasteiger partial charge in [0, 0.05) is 19.2 Å². The molecule has 0 bridgehead atoms. The SMILES string of the molecule is CCN(CC)c1nncc(Nc2ccc(OC)cc2OC)n1. The van der Waals surface area contributed by atoms with Gasteiger partial charge in [0.15, 0.2) is 5.82 Å². The van der Waals surface area contributed by atoms with Gasteiger partial charge in [0.25, 0.3) is 0 Å². The molecule has 1 N–H and O–H groups in total. The first-order chi connectivity index (χ1) is 10.7. The predicted octanol–water partition coefficient (Wildman–Crippen LogP) is 2.48. The second-order valence-corrected chi connectivity index (χ2v) is 4.51. The molecule has 0 saturated heterocycles. The second kappa shape index (κ2) is 7.44. The number of nitrogens with one attached hydrogen (secondary N) is 1. The lowest BCUT2D eigenvalue weighted by atomic mass is 10.2. The highest BCUT2D eigenvalue weighted by Crippen LogP contribution is 2.30. The van der Waals surface area contributed by atoms with E-state index in [1.54, 1.807) is 20.4 Å². The molecule has 0 atom stereocenters. The van der Waals surface area contributed by atoms with Crippen LogP contribution in [0.5, 0.6) is 11.5 Å². The van der Waals surface area contributed by atoms with E-state index in [1.165, 1.54) is 0 Å². The van der Waals surface area contributed by atoms with Crippen molar-refractivity contribution in [1.29, 1.82) is 0 Å². The number of benzene rings is 1. The molecule has 0 radical (unpaired) electrons. The molecular formula is C15H21N5O2. The highest BCUT2D eigenvalue weighted by Gasteiger charge is 2.10. The van der Waals surface area contributed by atoms with Crippen LogP contribution in [0.1, 0.15) is 13.8 Å². The van der Waals surface area contributed by atoms with Crippen molar-refractivity contribution in [3.05, 3.63) is 24.4 Å². The first-order valence-electron chi connectivity index (χ1n) is 7.15. The average molecular weight is 303 g/mol. The molecule has 0 unspecified atom stereocenters. The molecule has 0 spiro atoms. The van der Waals surface area contributed by atoms with E-state index in [4.69, 9.17) is 9.47 Å². The monoisotopic (exact) mass is 303 g/mol. The van der Waals surface area contributed by atoms with E-state index in [-0.39, 0.29) is 0 Å². The molecule has 7 nitrogen and oxygen atoms in total. The van der Waals surface area contributed by atoms with Crippen LogP contribution in [0.3, 0.4) is 0 Å². The molecule has 0 aliphatic carbocycles. The zero-order valence-electron chi connectivity index (χ0n) is 13.3. The summed E-state index contributed by atoms with van der Waals surface area (Å²) in [5.74, 6) is 2.61. The number of aromatic nitrogens is 3. The molecule has 2 aromatic rings. The summed E-state index contributed by atoms with van der Waals surface area (Å²) >= 11 is 0. The number of nitrogens with zero attached hydrogens (tertiary/aromatic N) is 4. The highest BCUT2D eigenvalue weighted by molar-refractivity contribution is 5.65. The van der Waals surface area contributed by atoms with Crippen LogP contribution in [0.2, 0.25) is 0 Å². The van der Waals surface area contributed by atoms with Gasteiger partial charge in [-0.05, 0) is 26.0 Å². The van der Waals surface area contributed by atoms with Crippen molar-refractivity contribution in [3.63, 3.8) is 0 Å². The van der Waals surface area contributed by atoms with Crippen molar-refractivity contribution >= 4 is 17.5 Å². The third-order valence-corrected chi connectivity index (χ3v) is 3.27. The Morgan fingerprint density at radius 2 is 1.91 bits per heavy atom. The minimum Gasteiger partial charge on any atom is -0.497 e. The van der Waals surface area contributed by atoms with Gasteiger partial charge in [-0.2, -0.15) is 10.1 Å². The Bertz CT molecular complexity index is 617. The zero-order valence-corrected chi connectivity index (χ0v) is 13.3. The maximum Gasteiger partial charge on any atom is 0.247 e. The maximum atomic E-state index is 5.36. The largest absolute Gasteiger partial charge is 0.497 e. The number of rotatable bonds is 7. The Labute approximate surface area is 130 Å². The molecule has 2 rings (SSSR count). The first-order valence-corrected chi connectivity index (χ1v) is 7.15. The van der Waals surface area contributed by atoms with E-state index in [0.717, 1.165) is 24.5 Å². The van der Waals surface area contributed by atoms with Gasteiger partial charge in [0.05, 0.1) is 26.1 Å². The molecule has 0 amide bonds. The van der Waals surface area contributed by atoms with Gasteiger partial charge in [-0.1, -0.05) is 0 Å². The number of methoxy groups -OCH3 is 2. The van der Waals surface area contributed by atoms with Crippen LogP contribution in [-0.4, -0.2) is 42.5 Å². The second-order valence-electron chi connectivity index (χ2n) is 4.51. The van der Waals surface area contributed by atoms with Crippen molar-refractivity contribution in [1.82, 2.24) is 15.2 Å². The Morgan fingerprint density at radius 1 is 1.14 bits per heavy atom. The van der Waals surface area contributed by atoms with Crippen LogP contribution >= 0.6 is 0 Å². The lowest BCUT2D eigenvalue weighted by Gasteiger charge is -2.18. The lowest BCUT2D eigenvalue weighted by Crippen LogP contribution is -2.24. The summed E-state index contributed by atoms with van der Waals surface area (Å²) in [6.07, 6.45) is 1.58.